The smallest absolute Gasteiger partial charge is 0.0541 e. The lowest BCUT2D eigenvalue weighted by molar-refractivity contribution is 1.13. The first kappa shape index (κ1) is 25.2. The highest BCUT2D eigenvalue weighted by Crippen LogP contribution is 2.38. The van der Waals surface area contributed by atoms with Gasteiger partial charge in [-0.25, -0.2) is 0 Å². The van der Waals surface area contributed by atoms with Crippen LogP contribution in [0.1, 0.15) is 0 Å². The zero-order valence-corrected chi connectivity index (χ0v) is 25.1. The van der Waals surface area contributed by atoms with E-state index in [0.717, 1.165) is 0 Å². The molecular weight excluding hydrogens is 556 g/mol. The minimum Gasteiger partial charge on any atom is -0.317 e. The van der Waals surface area contributed by atoms with Crippen LogP contribution in [0.4, 0.5) is 0 Å². The van der Waals surface area contributed by atoms with E-state index in [1.807, 2.05) is 0 Å². The Hall–Kier alpha value is -6.12. The summed E-state index contributed by atoms with van der Waals surface area (Å²) in [5, 5.41) is 11.5. The van der Waals surface area contributed by atoms with Crippen LogP contribution in [0.25, 0.3) is 87.5 Å². The highest BCUT2D eigenvalue weighted by atomic mass is 15.0. The van der Waals surface area contributed by atoms with E-state index < -0.39 is 0 Å². The van der Waals surface area contributed by atoms with Crippen molar-refractivity contribution in [2.45, 2.75) is 0 Å². The normalized spacial score (nSPS) is 11.9. The summed E-state index contributed by atoms with van der Waals surface area (Å²) in [5.41, 5.74) is 8.42. The van der Waals surface area contributed by atoms with Crippen LogP contribution in [0.5, 0.6) is 0 Å². The van der Waals surface area contributed by atoms with E-state index in [-0.39, 0.29) is 0 Å². The summed E-state index contributed by atoms with van der Waals surface area (Å²) in [6.07, 6.45) is 2.20. The molecule has 0 fully saturated rings. The fraction of sp³-hybridized carbons (Fsp3) is 0. The van der Waals surface area contributed by atoms with Crippen molar-refractivity contribution in [3.8, 4) is 22.5 Å². The number of aromatic nitrogens is 2. The van der Waals surface area contributed by atoms with Crippen molar-refractivity contribution >= 4 is 65.0 Å². The van der Waals surface area contributed by atoms with Gasteiger partial charge in [-0.05, 0) is 103 Å². The first-order chi connectivity index (χ1) is 22.8. The SMILES string of the molecule is c1ccc(-n2c3ccccc3c3cc(-c4ccc5ccn(-c6ccc7c8ccccc8c8ccccc8c7c6)c5c4)ccc32)cc1. The van der Waals surface area contributed by atoms with E-state index in [9.17, 15) is 0 Å². The van der Waals surface area contributed by atoms with Gasteiger partial charge in [0.25, 0.3) is 0 Å². The Kier molecular flexibility index (Phi) is 5.31. The molecule has 0 saturated carbocycles. The summed E-state index contributed by atoms with van der Waals surface area (Å²) < 4.78 is 4.71. The second-order valence-electron chi connectivity index (χ2n) is 12.2. The molecule has 2 aromatic heterocycles. The van der Waals surface area contributed by atoms with Crippen LogP contribution in [0.2, 0.25) is 0 Å². The summed E-state index contributed by atoms with van der Waals surface area (Å²) in [5.74, 6) is 0. The number of hydrogen-bond donors (Lipinski definition) is 0. The topological polar surface area (TPSA) is 9.86 Å². The van der Waals surface area contributed by atoms with E-state index in [4.69, 9.17) is 0 Å². The lowest BCUT2D eigenvalue weighted by atomic mass is 9.94. The molecule has 10 rings (SSSR count). The Balaban J connectivity index is 1.15. The molecule has 0 saturated heterocycles. The Morgan fingerprint density at radius 2 is 0.891 bits per heavy atom. The van der Waals surface area contributed by atoms with Crippen LogP contribution in [0, 0.1) is 0 Å². The molecule has 214 valence electrons. The summed E-state index contributed by atoms with van der Waals surface area (Å²) in [7, 11) is 0. The van der Waals surface area contributed by atoms with Crippen LogP contribution in [0.3, 0.4) is 0 Å². The molecule has 0 spiro atoms. The third-order valence-electron chi connectivity index (χ3n) is 9.72. The van der Waals surface area contributed by atoms with Gasteiger partial charge in [0.1, 0.15) is 0 Å². The summed E-state index contributed by atoms with van der Waals surface area (Å²) in [4.78, 5) is 0. The Bertz CT molecular complexity index is 2760. The summed E-state index contributed by atoms with van der Waals surface area (Å²) in [6.45, 7) is 0. The van der Waals surface area contributed by atoms with Crippen LogP contribution >= 0.6 is 0 Å². The molecular formula is C44H28N2. The highest BCUT2D eigenvalue weighted by Gasteiger charge is 2.14. The van der Waals surface area contributed by atoms with Crippen molar-refractivity contribution in [2.24, 2.45) is 0 Å². The number of fused-ring (bicyclic) bond motifs is 10. The number of rotatable bonds is 3. The van der Waals surface area contributed by atoms with Crippen LogP contribution in [-0.2, 0) is 0 Å². The minimum atomic E-state index is 1.17. The number of nitrogens with zero attached hydrogens (tertiary/aromatic N) is 2. The van der Waals surface area contributed by atoms with E-state index >= 15 is 0 Å². The van der Waals surface area contributed by atoms with E-state index in [1.54, 1.807) is 0 Å². The maximum absolute atomic E-state index is 2.37. The zero-order valence-electron chi connectivity index (χ0n) is 25.1. The van der Waals surface area contributed by atoms with Crippen LogP contribution in [-0.4, -0.2) is 9.13 Å². The molecule has 0 aliphatic carbocycles. The van der Waals surface area contributed by atoms with Gasteiger partial charge >= 0.3 is 0 Å². The molecule has 0 bridgehead atoms. The van der Waals surface area contributed by atoms with Crippen molar-refractivity contribution in [1.29, 1.82) is 0 Å². The Morgan fingerprint density at radius 1 is 0.304 bits per heavy atom. The average molecular weight is 585 g/mol. The third kappa shape index (κ3) is 3.65. The molecule has 2 heterocycles. The predicted molar refractivity (Wildman–Crippen MR) is 196 cm³/mol. The first-order valence-electron chi connectivity index (χ1n) is 15.9. The average Bonchev–Trinajstić information content (AvgIpc) is 3.70. The van der Waals surface area contributed by atoms with Crippen molar-refractivity contribution in [3.63, 3.8) is 0 Å². The largest absolute Gasteiger partial charge is 0.317 e. The maximum Gasteiger partial charge on any atom is 0.0541 e. The molecule has 0 aliphatic heterocycles. The fourth-order valence-corrected chi connectivity index (χ4v) is 7.59. The quantitative estimate of drug-likeness (QED) is 0.183. The Morgan fingerprint density at radius 3 is 1.65 bits per heavy atom. The molecule has 2 nitrogen and oxygen atoms in total. The second-order valence-corrected chi connectivity index (χ2v) is 12.2. The molecule has 0 radical (unpaired) electrons. The number of hydrogen-bond acceptors (Lipinski definition) is 0. The van der Waals surface area contributed by atoms with E-state index in [2.05, 4.69) is 179 Å². The summed E-state index contributed by atoms with van der Waals surface area (Å²) in [6, 6.07) is 59.8. The van der Waals surface area contributed by atoms with Crippen LogP contribution in [0.15, 0.2) is 170 Å². The monoisotopic (exact) mass is 584 g/mol. The molecule has 0 amide bonds. The van der Waals surface area contributed by atoms with Gasteiger partial charge in [0, 0.05) is 28.3 Å². The van der Waals surface area contributed by atoms with Crippen LogP contribution < -0.4 is 0 Å². The highest BCUT2D eigenvalue weighted by molar-refractivity contribution is 6.25. The standard InChI is InChI=1S/C44H28N2/c1-2-10-32(11-3-1)46-42-17-9-8-16-39(42)41-26-30(20-23-43(41)46)31-19-18-29-24-25-45(44(29)27-31)33-21-22-38-36-14-5-4-12-34(36)35-13-6-7-15-37(35)40(38)28-33/h1-28H. The lowest BCUT2D eigenvalue weighted by Gasteiger charge is -2.13. The molecule has 0 N–H and O–H groups in total. The molecule has 46 heavy (non-hydrogen) atoms. The van der Waals surface area contributed by atoms with Gasteiger partial charge in [-0.2, -0.15) is 0 Å². The molecule has 8 aromatic carbocycles. The Labute approximate surface area is 266 Å². The lowest BCUT2D eigenvalue weighted by Crippen LogP contribution is -1.93. The van der Waals surface area contributed by atoms with Crippen molar-refractivity contribution in [1.82, 2.24) is 9.13 Å². The first-order valence-corrected chi connectivity index (χ1v) is 15.9. The van der Waals surface area contributed by atoms with Crippen molar-refractivity contribution in [3.05, 3.63) is 170 Å². The van der Waals surface area contributed by atoms with Gasteiger partial charge < -0.3 is 9.13 Å². The van der Waals surface area contributed by atoms with Crippen molar-refractivity contribution < 1.29 is 0 Å². The fourth-order valence-electron chi connectivity index (χ4n) is 7.59. The predicted octanol–water partition coefficient (Wildman–Crippen LogP) is 11.9. The minimum absolute atomic E-state index is 1.17. The number of benzene rings is 8. The second kappa shape index (κ2) is 9.69. The molecule has 2 heteroatoms. The molecule has 0 unspecified atom stereocenters. The van der Waals surface area contributed by atoms with Crippen molar-refractivity contribution in [2.75, 3.05) is 0 Å². The molecule has 0 aliphatic rings. The van der Waals surface area contributed by atoms with Gasteiger partial charge in [0.2, 0.25) is 0 Å². The zero-order chi connectivity index (χ0) is 30.2. The maximum atomic E-state index is 2.37. The van der Waals surface area contributed by atoms with Gasteiger partial charge in [-0.15, -0.1) is 0 Å². The number of para-hydroxylation sites is 2. The van der Waals surface area contributed by atoms with Gasteiger partial charge in [-0.3, -0.25) is 0 Å². The van der Waals surface area contributed by atoms with E-state index in [1.165, 1.54) is 87.5 Å². The van der Waals surface area contributed by atoms with Gasteiger partial charge in [0.05, 0.1) is 16.6 Å². The third-order valence-corrected chi connectivity index (χ3v) is 9.72. The summed E-state index contributed by atoms with van der Waals surface area (Å²) >= 11 is 0. The molecule has 0 atom stereocenters. The van der Waals surface area contributed by atoms with Gasteiger partial charge in [0.15, 0.2) is 0 Å². The van der Waals surface area contributed by atoms with Gasteiger partial charge in [-0.1, -0.05) is 109 Å². The molecule has 10 aromatic rings. The van der Waals surface area contributed by atoms with E-state index in [0.29, 0.717) is 0 Å².